The lowest BCUT2D eigenvalue weighted by Gasteiger charge is -2.18. The Hall–Kier alpha value is -2.49. The number of carboxylic acid groups (broad SMARTS) is 1. The molecule has 0 fully saturated rings. The van der Waals surface area contributed by atoms with Crippen molar-refractivity contribution in [1.82, 2.24) is 0 Å². The number of rotatable bonds is 4. The lowest BCUT2D eigenvalue weighted by Crippen LogP contribution is -2.10. The molecular weight excluding hydrogens is 242 g/mol. The van der Waals surface area contributed by atoms with Gasteiger partial charge in [0, 0.05) is 11.3 Å². The van der Waals surface area contributed by atoms with E-state index in [-0.39, 0.29) is 17.4 Å². The maximum Gasteiger partial charge on any atom is 0.337 e. The van der Waals surface area contributed by atoms with Gasteiger partial charge in [-0.3, -0.25) is 0 Å². The van der Waals surface area contributed by atoms with Crippen molar-refractivity contribution in [3.63, 3.8) is 0 Å². The summed E-state index contributed by atoms with van der Waals surface area (Å²) in [7, 11) is 0. The molecule has 0 aromatic heterocycles. The van der Waals surface area contributed by atoms with Crippen molar-refractivity contribution in [3.8, 4) is 5.75 Å². The van der Waals surface area contributed by atoms with E-state index in [0.717, 1.165) is 5.56 Å². The Morgan fingerprint density at radius 3 is 2.42 bits per heavy atom. The molecule has 0 aliphatic carbocycles. The third kappa shape index (κ3) is 2.85. The fourth-order valence-electron chi connectivity index (χ4n) is 1.96. The van der Waals surface area contributed by atoms with Crippen molar-refractivity contribution in [2.45, 2.75) is 13.0 Å². The van der Waals surface area contributed by atoms with Crippen molar-refractivity contribution in [2.75, 3.05) is 5.32 Å². The zero-order chi connectivity index (χ0) is 13.8. The van der Waals surface area contributed by atoms with E-state index in [0.29, 0.717) is 5.69 Å². The SMILES string of the molecule is CC(Nc1ccccc1C(=O)O)c1ccccc1O. The molecule has 2 aromatic rings. The average molecular weight is 257 g/mol. The first-order chi connectivity index (χ1) is 9.09. The van der Waals surface area contributed by atoms with Gasteiger partial charge in [0.25, 0.3) is 0 Å². The van der Waals surface area contributed by atoms with Crippen LogP contribution in [-0.4, -0.2) is 16.2 Å². The van der Waals surface area contributed by atoms with Crippen LogP contribution in [-0.2, 0) is 0 Å². The van der Waals surface area contributed by atoms with Crippen LogP contribution in [0.4, 0.5) is 5.69 Å². The molecule has 0 saturated heterocycles. The van der Waals surface area contributed by atoms with Crippen LogP contribution in [0.1, 0.15) is 28.9 Å². The molecule has 1 atom stereocenters. The first-order valence-corrected chi connectivity index (χ1v) is 5.96. The summed E-state index contributed by atoms with van der Waals surface area (Å²) in [6.45, 7) is 1.87. The molecule has 1 unspecified atom stereocenters. The lowest BCUT2D eigenvalue weighted by atomic mass is 10.1. The third-order valence-electron chi connectivity index (χ3n) is 2.93. The quantitative estimate of drug-likeness (QED) is 0.786. The van der Waals surface area contributed by atoms with Crippen molar-refractivity contribution in [1.29, 1.82) is 0 Å². The number of carboxylic acids is 1. The Bertz CT molecular complexity index is 595. The number of benzene rings is 2. The molecule has 98 valence electrons. The molecule has 0 saturated carbocycles. The summed E-state index contributed by atoms with van der Waals surface area (Å²) in [5.41, 5.74) is 1.47. The van der Waals surface area contributed by atoms with Crippen molar-refractivity contribution < 1.29 is 15.0 Å². The van der Waals surface area contributed by atoms with Gasteiger partial charge in [-0.25, -0.2) is 4.79 Å². The number of aromatic hydroxyl groups is 1. The Labute approximate surface area is 111 Å². The molecule has 0 bridgehead atoms. The topological polar surface area (TPSA) is 69.6 Å². The molecule has 2 rings (SSSR count). The van der Waals surface area contributed by atoms with Crippen molar-refractivity contribution in [2.24, 2.45) is 0 Å². The second kappa shape index (κ2) is 5.44. The van der Waals surface area contributed by atoms with E-state index in [4.69, 9.17) is 5.11 Å². The summed E-state index contributed by atoms with van der Waals surface area (Å²) in [5.74, 6) is -0.789. The Kier molecular flexibility index (Phi) is 3.71. The van der Waals surface area contributed by atoms with E-state index in [2.05, 4.69) is 5.32 Å². The summed E-state index contributed by atoms with van der Waals surface area (Å²) >= 11 is 0. The van der Waals surface area contributed by atoms with Crippen LogP contribution < -0.4 is 5.32 Å². The Morgan fingerprint density at radius 2 is 1.74 bits per heavy atom. The lowest BCUT2D eigenvalue weighted by molar-refractivity contribution is 0.0698. The maximum absolute atomic E-state index is 11.1. The molecule has 3 N–H and O–H groups in total. The maximum atomic E-state index is 11.1. The number of para-hydroxylation sites is 2. The van der Waals surface area contributed by atoms with E-state index in [1.165, 1.54) is 0 Å². The van der Waals surface area contributed by atoms with Gasteiger partial charge in [-0.2, -0.15) is 0 Å². The van der Waals surface area contributed by atoms with Gasteiger partial charge in [-0.15, -0.1) is 0 Å². The van der Waals surface area contributed by atoms with Gasteiger partial charge in [-0.05, 0) is 25.1 Å². The van der Waals surface area contributed by atoms with Gasteiger partial charge in [0.05, 0.1) is 11.6 Å². The fraction of sp³-hybridized carbons (Fsp3) is 0.133. The van der Waals surface area contributed by atoms with Crippen LogP contribution in [0.2, 0.25) is 0 Å². The van der Waals surface area contributed by atoms with Gasteiger partial charge < -0.3 is 15.5 Å². The van der Waals surface area contributed by atoms with Gasteiger partial charge in [-0.1, -0.05) is 30.3 Å². The smallest absolute Gasteiger partial charge is 0.337 e. The molecule has 2 aromatic carbocycles. The van der Waals surface area contributed by atoms with E-state index in [9.17, 15) is 9.90 Å². The van der Waals surface area contributed by atoms with E-state index >= 15 is 0 Å². The Morgan fingerprint density at radius 1 is 1.11 bits per heavy atom. The molecule has 0 aliphatic heterocycles. The minimum absolute atomic E-state index is 0.190. The van der Waals surface area contributed by atoms with Crippen LogP contribution in [0.25, 0.3) is 0 Å². The summed E-state index contributed by atoms with van der Waals surface area (Å²) in [5, 5.41) is 22.0. The van der Waals surface area contributed by atoms with Gasteiger partial charge >= 0.3 is 5.97 Å². The Balaban J connectivity index is 2.27. The van der Waals surface area contributed by atoms with E-state index in [1.54, 1.807) is 42.5 Å². The summed E-state index contributed by atoms with van der Waals surface area (Å²) in [4.78, 5) is 11.1. The van der Waals surface area contributed by atoms with Crippen LogP contribution in [0, 0.1) is 0 Å². The third-order valence-corrected chi connectivity index (χ3v) is 2.93. The molecule has 4 heteroatoms. The van der Waals surface area contributed by atoms with Crippen molar-refractivity contribution >= 4 is 11.7 Å². The normalized spacial score (nSPS) is 11.8. The van der Waals surface area contributed by atoms with Gasteiger partial charge in [0.1, 0.15) is 5.75 Å². The number of carbonyl (C=O) groups is 1. The second-order valence-electron chi connectivity index (χ2n) is 4.28. The number of phenolic OH excluding ortho intramolecular Hbond substituents is 1. The number of phenols is 1. The zero-order valence-electron chi connectivity index (χ0n) is 10.5. The highest BCUT2D eigenvalue weighted by Crippen LogP contribution is 2.27. The molecule has 0 heterocycles. The molecule has 4 nitrogen and oxygen atoms in total. The fourth-order valence-corrected chi connectivity index (χ4v) is 1.96. The molecule has 0 spiro atoms. The minimum atomic E-state index is -0.979. The summed E-state index contributed by atoms with van der Waals surface area (Å²) < 4.78 is 0. The monoisotopic (exact) mass is 257 g/mol. The van der Waals surface area contributed by atoms with Crippen LogP contribution in [0.3, 0.4) is 0 Å². The van der Waals surface area contributed by atoms with Crippen LogP contribution in [0.15, 0.2) is 48.5 Å². The standard InChI is InChI=1S/C15H15NO3/c1-10(11-6-3-5-9-14(11)17)16-13-8-4-2-7-12(13)15(18)19/h2-10,16-17H,1H3,(H,18,19). The number of anilines is 1. The largest absolute Gasteiger partial charge is 0.508 e. The first kappa shape index (κ1) is 13.0. The molecule has 19 heavy (non-hydrogen) atoms. The van der Waals surface area contributed by atoms with Crippen molar-refractivity contribution in [3.05, 3.63) is 59.7 Å². The predicted molar refractivity (Wildman–Crippen MR) is 73.5 cm³/mol. The van der Waals surface area contributed by atoms with Crippen LogP contribution in [0.5, 0.6) is 5.75 Å². The summed E-state index contributed by atoms with van der Waals surface area (Å²) in [6.07, 6.45) is 0. The number of hydrogen-bond donors (Lipinski definition) is 3. The van der Waals surface area contributed by atoms with Gasteiger partial charge in [0.15, 0.2) is 0 Å². The molecular formula is C15H15NO3. The first-order valence-electron chi connectivity index (χ1n) is 5.96. The van der Waals surface area contributed by atoms with Crippen LogP contribution >= 0.6 is 0 Å². The number of hydrogen-bond acceptors (Lipinski definition) is 3. The zero-order valence-corrected chi connectivity index (χ0v) is 10.5. The van der Waals surface area contributed by atoms with E-state index < -0.39 is 5.97 Å². The highest BCUT2D eigenvalue weighted by Gasteiger charge is 2.14. The predicted octanol–water partition coefficient (Wildman–Crippen LogP) is 3.26. The average Bonchev–Trinajstić information content (AvgIpc) is 2.39. The highest BCUT2D eigenvalue weighted by atomic mass is 16.4. The van der Waals surface area contributed by atoms with Gasteiger partial charge in [0.2, 0.25) is 0 Å². The summed E-state index contributed by atoms with van der Waals surface area (Å²) in [6, 6.07) is 13.5. The molecule has 0 amide bonds. The second-order valence-corrected chi connectivity index (χ2v) is 4.28. The number of nitrogens with one attached hydrogen (secondary N) is 1. The van der Waals surface area contributed by atoms with E-state index in [1.807, 2.05) is 13.0 Å². The highest BCUT2D eigenvalue weighted by molar-refractivity contribution is 5.94. The molecule has 0 radical (unpaired) electrons. The number of aromatic carboxylic acids is 1. The minimum Gasteiger partial charge on any atom is -0.508 e. The molecule has 0 aliphatic rings.